The quantitative estimate of drug-likeness (QED) is 0.350. The van der Waals surface area contributed by atoms with Crippen molar-refractivity contribution in [1.82, 2.24) is 0 Å². The molecule has 0 radical (unpaired) electrons. The number of benzene rings is 1. The molecule has 1 heterocycles. The normalized spacial score (nSPS) is 38.6. The van der Waals surface area contributed by atoms with E-state index in [-0.39, 0.29) is 18.3 Å². The molecule has 5 rings (SSSR count). The molecule has 2 bridgehead atoms. The van der Waals surface area contributed by atoms with Crippen LogP contribution in [0.25, 0.3) is 0 Å². The first-order valence-electron chi connectivity index (χ1n) is 12.0. The van der Waals surface area contributed by atoms with Gasteiger partial charge >= 0.3 is 0 Å². The first kappa shape index (κ1) is 22.9. The number of hydrogen-bond donors (Lipinski definition) is 1. The maximum atomic E-state index is 12.4. The first-order chi connectivity index (χ1) is 15.8. The van der Waals surface area contributed by atoms with Crippen LogP contribution < -0.4 is 9.47 Å². The van der Waals surface area contributed by atoms with Crippen LogP contribution in [0.4, 0.5) is 0 Å². The van der Waals surface area contributed by atoms with Crippen LogP contribution in [0.2, 0.25) is 0 Å². The van der Waals surface area contributed by atoms with Gasteiger partial charge in [0.15, 0.2) is 0 Å². The zero-order valence-electron chi connectivity index (χ0n) is 20.1. The largest absolute Gasteiger partial charge is 0.497 e. The SMILES string of the molecule is COCO[C@]12C=C([C@@]3(O)C[C@H]4CC[C@@]3(/C=C/Oc3ccc(OC)cc3)C4(C)C)CC[C@@H]1OC2. The molecular formula is C27H36O6. The van der Waals surface area contributed by atoms with Crippen LogP contribution in [-0.2, 0) is 14.2 Å². The van der Waals surface area contributed by atoms with Crippen molar-refractivity contribution in [2.24, 2.45) is 16.7 Å². The number of hydrogen-bond acceptors (Lipinski definition) is 6. The molecule has 33 heavy (non-hydrogen) atoms. The molecule has 1 saturated heterocycles. The van der Waals surface area contributed by atoms with Gasteiger partial charge in [0.1, 0.15) is 23.9 Å². The lowest BCUT2D eigenvalue weighted by molar-refractivity contribution is -0.266. The Balaban J connectivity index is 1.45. The van der Waals surface area contributed by atoms with Crippen molar-refractivity contribution in [3.05, 3.63) is 48.3 Å². The highest BCUT2D eigenvalue weighted by Gasteiger charge is 2.71. The fourth-order valence-corrected chi connectivity index (χ4v) is 6.97. The molecule has 1 aromatic carbocycles. The van der Waals surface area contributed by atoms with Gasteiger partial charge < -0.3 is 28.8 Å². The lowest BCUT2D eigenvalue weighted by atomic mass is 9.59. The predicted molar refractivity (Wildman–Crippen MR) is 124 cm³/mol. The summed E-state index contributed by atoms with van der Waals surface area (Å²) < 4.78 is 28.3. The second-order valence-corrected chi connectivity index (χ2v) is 10.6. The highest BCUT2D eigenvalue weighted by Crippen LogP contribution is 2.72. The van der Waals surface area contributed by atoms with E-state index >= 15 is 0 Å². The molecule has 1 aliphatic heterocycles. The van der Waals surface area contributed by atoms with Crippen molar-refractivity contribution in [2.75, 3.05) is 27.6 Å². The fourth-order valence-electron chi connectivity index (χ4n) is 6.97. The third-order valence-electron chi connectivity index (χ3n) is 9.08. The van der Waals surface area contributed by atoms with Gasteiger partial charge in [0, 0.05) is 12.5 Å². The average molecular weight is 457 g/mol. The third-order valence-corrected chi connectivity index (χ3v) is 9.08. The molecule has 180 valence electrons. The number of rotatable bonds is 8. The van der Waals surface area contributed by atoms with Crippen molar-refractivity contribution < 1.29 is 28.8 Å². The zero-order chi connectivity index (χ0) is 23.3. The molecule has 2 saturated carbocycles. The van der Waals surface area contributed by atoms with Crippen LogP contribution in [-0.4, -0.2) is 50.0 Å². The van der Waals surface area contributed by atoms with Gasteiger partial charge in [-0.1, -0.05) is 13.8 Å². The Morgan fingerprint density at radius 2 is 1.88 bits per heavy atom. The van der Waals surface area contributed by atoms with Crippen molar-refractivity contribution >= 4 is 0 Å². The van der Waals surface area contributed by atoms with Crippen LogP contribution in [0.15, 0.2) is 48.3 Å². The molecule has 3 aliphatic carbocycles. The molecule has 5 atom stereocenters. The minimum Gasteiger partial charge on any atom is -0.497 e. The summed E-state index contributed by atoms with van der Waals surface area (Å²) in [4.78, 5) is 0. The van der Waals surface area contributed by atoms with Gasteiger partial charge in [-0.25, -0.2) is 0 Å². The second-order valence-electron chi connectivity index (χ2n) is 10.6. The summed E-state index contributed by atoms with van der Waals surface area (Å²) >= 11 is 0. The molecule has 0 amide bonds. The van der Waals surface area contributed by atoms with Gasteiger partial charge in [-0.15, -0.1) is 0 Å². The highest BCUT2D eigenvalue weighted by molar-refractivity contribution is 5.40. The van der Waals surface area contributed by atoms with Gasteiger partial charge in [0.25, 0.3) is 0 Å². The Morgan fingerprint density at radius 3 is 2.52 bits per heavy atom. The molecule has 1 N–H and O–H groups in total. The average Bonchev–Trinajstić information content (AvgIpc) is 3.14. The van der Waals surface area contributed by atoms with Crippen molar-refractivity contribution in [3.8, 4) is 11.5 Å². The molecule has 0 aromatic heterocycles. The molecule has 1 aromatic rings. The van der Waals surface area contributed by atoms with E-state index in [1.807, 2.05) is 24.3 Å². The topological polar surface area (TPSA) is 66.4 Å². The number of ether oxygens (including phenoxy) is 5. The van der Waals surface area contributed by atoms with E-state index in [9.17, 15) is 5.11 Å². The van der Waals surface area contributed by atoms with Crippen LogP contribution in [0.3, 0.4) is 0 Å². The number of fused-ring (bicyclic) bond motifs is 3. The van der Waals surface area contributed by atoms with E-state index in [4.69, 9.17) is 23.7 Å². The van der Waals surface area contributed by atoms with E-state index < -0.39 is 16.6 Å². The van der Waals surface area contributed by atoms with Gasteiger partial charge in [-0.3, -0.25) is 0 Å². The van der Waals surface area contributed by atoms with Crippen molar-refractivity contribution in [2.45, 2.75) is 63.3 Å². The van der Waals surface area contributed by atoms with E-state index in [1.54, 1.807) is 20.5 Å². The van der Waals surface area contributed by atoms with Crippen LogP contribution >= 0.6 is 0 Å². The third kappa shape index (κ3) is 3.29. The Labute approximate surface area is 196 Å². The summed E-state index contributed by atoms with van der Waals surface area (Å²) in [6.45, 7) is 5.33. The van der Waals surface area contributed by atoms with Gasteiger partial charge in [-0.05, 0) is 85.4 Å². The smallest absolute Gasteiger partial charge is 0.147 e. The standard InChI is InChI=1S/C27H36O6/c1-24(2)19-11-12-26(24,13-14-31-22-8-6-21(30-4)7-9-22)27(28,16-19)20-5-10-23-25(15-20,17-32-23)33-18-29-3/h6-9,13-15,19,23,28H,5,10-12,16-18H2,1-4H3/b14-13+/t19-,23+,25+,26-,27+/m1/s1. The van der Waals surface area contributed by atoms with E-state index in [0.29, 0.717) is 12.5 Å². The molecular weight excluding hydrogens is 420 g/mol. The Kier molecular flexibility index (Phi) is 5.64. The molecule has 6 heteroatoms. The van der Waals surface area contributed by atoms with Gasteiger partial charge in [0.05, 0.1) is 31.7 Å². The summed E-state index contributed by atoms with van der Waals surface area (Å²) in [6.07, 6.45) is 10.6. The first-order valence-corrected chi connectivity index (χ1v) is 12.0. The minimum atomic E-state index is -0.927. The summed E-state index contributed by atoms with van der Waals surface area (Å²) in [7, 11) is 3.28. The predicted octanol–water partition coefficient (Wildman–Crippen LogP) is 4.62. The van der Waals surface area contributed by atoms with Crippen LogP contribution in [0.5, 0.6) is 11.5 Å². The number of methoxy groups -OCH3 is 2. The van der Waals surface area contributed by atoms with E-state index in [0.717, 1.165) is 49.2 Å². The Bertz CT molecular complexity index is 936. The molecule has 6 nitrogen and oxygen atoms in total. The molecule has 3 fully saturated rings. The Hall–Kier alpha value is -1.86. The van der Waals surface area contributed by atoms with Crippen LogP contribution in [0.1, 0.15) is 46.0 Å². The lowest BCUT2D eigenvalue weighted by Crippen LogP contribution is -2.62. The Morgan fingerprint density at radius 1 is 1.12 bits per heavy atom. The van der Waals surface area contributed by atoms with Gasteiger partial charge in [-0.2, -0.15) is 0 Å². The molecule has 0 spiro atoms. The molecule has 0 unspecified atom stereocenters. The maximum absolute atomic E-state index is 12.4. The van der Waals surface area contributed by atoms with Crippen LogP contribution in [0, 0.1) is 16.7 Å². The minimum absolute atomic E-state index is 0.0384. The summed E-state index contributed by atoms with van der Waals surface area (Å²) in [5, 5.41) is 12.4. The van der Waals surface area contributed by atoms with Crippen molar-refractivity contribution in [1.29, 1.82) is 0 Å². The summed E-state index contributed by atoms with van der Waals surface area (Å²) in [6, 6.07) is 7.54. The lowest BCUT2D eigenvalue weighted by Gasteiger charge is -2.54. The second kappa shape index (κ2) is 8.12. The van der Waals surface area contributed by atoms with E-state index in [2.05, 4.69) is 26.0 Å². The zero-order valence-corrected chi connectivity index (χ0v) is 20.1. The molecule has 4 aliphatic rings. The van der Waals surface area contributed by atoms with Gasteiger partial charge in [0.2, 0.25) is 0 Å². The van der Waals surface area contributed by atoms with Crippen molar-refractivity contribution in [3.63, 3.8) is 0 Å². The highest BCUT2D eigenvalue weighted by atomic mass is 16.7. The maximum Gasteiger partial charge on any atom is 0.147 e. The number of aliphatic hydroxyl groups is 1. The fraction of sp³-hybridized carbons (Fsp3) is 0.630. The summed E-state index contributed by atoms with van der Waals surface area (Å²) in [5.41, 5.74) is -0.778. The van der Waals surface area contributed by atoms with E-state index in [1.165, 1.54) is 0 Å². The monoisotopic (exact) mass is 456 g/mol. The summed E-state index contributed by atoms with van der Waals surface area (Å²) in [5.74, 6) is 2.00.